The number of halogens is 2. The predicted molar refractivity (Wildman–Crippen MR) is 65.2 cm³/mol. The molecule has 0 aromatic heterocycles. The second kappa shape index (κ2) is 4.53. The molecule has 0 saturated carbocycles. The quantitative estimate of drug-likeness (QED) is 0.816. The lowest BCUT2D eigenvalue weighted by molar-refractivity contribution is 0.292. The Kier molecular flexibility index (Phi) is 3.28. The standard InChI is InChI=1S/C12H13BrFNO/c1-7(2)11-6-16-12(15-11)8-3-9(13)5-10(14)4-8/h3-5,7,11H,6H2,1-2H3/t11-/m1/s1. The van der Waals surface area contributed by atoms with Crippen LogP contribution in [-0.4, -0.2) is 18.5 Å². The van der Waals surface area contributed by atoms with Gasteiger partial charge >= 0.3 is 0 Å². The topological polar surface area (TPSA) is 21.6 Å². The number of nitrogens with zero attached hydrogens (tertiary/aromatic N) is 1. The van der Waals surface area contributed by atoms with E-state index in [0.29, 0.717) is 28.5 Å². The Labute approximate surface area is 103 Å². The molecule has 0 bridgehead atoms. The Morgan fingerprint density at radius 1 is 1.44 bits per heavy atom. The van der Waals surface area contributed by atoms with Crippen molar-refractivity contribution in [2.45, 2.75) is 19.9 Å². The molecule has 0 aliphatic carbocycles. The van der Waals surface area contributed by atoms with E-state index in [1.165, 1.54) is 12.1 Å². The molecule has 1 atom stereocenters. The minimum absolute atomic E-state index is 0.178. The van der Waals surface area contributed by atoms with Crippen molar-refractivity contribution in [1.29, 1.82) is 0 Å². The van der Waals surface area contributed by atoms with E-state index >= 15 is 0 Å². The maximum atomic E-state index is 13.2. The third kappa shape index (κ3) is 2.43. The normalized spacial score (nSPS) is 19.8. The Bertz CT molecular complexity index is 411. The summed E-state index contributed by atoms with van der Waals surface area (Å²) in [5.74, 6) is 0.692. The number of ether oxygens (including phenoxy) is 1. The molecule has 0 amide bonds. The highest BCUT2D eigenvalue weighted by molar-refractivity contribution is 9.10. The van der Waals surface area contributed by atoms with Crippen LogP contribution in [0.3, 0.4) is 0 Å². The Morgan fingerprint density at radius 3 is 2.75 bits per heavy atom. The molecule has 0 fully saturated rings. The summed E-state index contributed by atoms with van der Waals surface area (Å²) in [7, 11) is 0. The van der Waals surface area contributed by atoms with Gasteiger partial charge in [0.15, 0.2) is 0 Å². The van der Waals surface area contributed by atoms with Gasteiger partial charge in [-0.25, -0.2) is 9.38 Å². The summed E-state index contributed by atoms with van der Waals surface area (Å²) in [6.45, 7) is 4.78. The SMILES string of the molecule is CC(C)[C@H]1COC(c2cc(F)cc(Br)c2)=N1. The van der Waals surface area contributed by atoms with Crippen LogP contribution in [0.5, 0.6) is 0 Å². The lowest BCUT2D eigenvalue weighted by atomic mass is 10.1. The molecule has 1 aromatic rings. The zero-order valence-electron chi connectivity index (χ0n) is 9.21. The van der Waals surface area contributed by atoms with E-state index in [1.807, 2.05) is 6.07 Å². The van der Waals surface area contributed by atoms with Gasteiger partial charge in [-0.1, -0.05) is 29.8 Å². The highest BCUT2D eigenvalue weighted by atomic mass is 79.9. The molecule has 2 nitrogen and oxygen atoms in total. The largest absolute Gasteiger partial charge is 0.475 e. The van der Waals surface area contributed by atoms with Gasteiger partial charge in [0.1, 0.15) is 12.4 Å². The summed E-state index contributed by atoms with van der Waals surface area (Å²) >= 11 is 3.25. The fraction of sp³-hybridized carbons (Fsp3) is 0.417. The van der Waals surface area contributed by atoms with Gasteiger partial charge in [-0.05, 0) is 24.1 Å². The molecular formula is C12H13BrFNO. The Balaban J connectivity index is 2.28. The molecule has 0 spiro atoms. The third-order valence-corrected chi connectivity index (χ3v) is 3.01. The molecule has 1 aliphatic heterocycles. The van der Waals surface area contributed by atoms with Crippen LogP contribution in [0.2, 0.25) is 0 Å². The van der Waals surface area contributed by atoms with Crippen LogP contribution in [0.4, 0.5) is 4.39 Å². The van der Waals surface area contributed by atoms with Crippen molar-refractivity contribution in [3.05, 3.63) is 34.1 Å². The average molecular weight is 286 g/mol. The molecule has 16 heavy (non-hydrogen) atoms. The van der Waals surface area contributed by atoms with E-state index in [2.05, 4.69) is 34.8 Å². The number of aliphatic imine (C=N–C) groups is 1. The molecule has 0 unspecified atom stereocenters. The average Bonchev–Trinajstić information content (AvgIpc) is 2.64. The molecule has 86 valence electrons. The molecule has 1 aliphatic rings. The van der Waals surface area contributed by atoms with Gasteiger partial charge in [-0.2, -0.15) is 0 Å². The molecule has 2 rings (SSSR count). The van der Waals surface area contributed by atoms with Gasteiger partial charge in [0.25, 0.3) is 0 Å². The third-order valence-electron chi connectivity index (χ3n) is 2.55. The molecule has 0 radical (unpaired) electrons. The van der Waals surface area contributed by atoms with Crippen LogP contribution in [-0.2, 0) is 4.74 Å². The van der Waals surface area contributed by atoms with E-state index < -0.39 is 0 Å². The van der Waals surface area contributed by atoms with E-state index in [9.17, 15) is 4.39 Å². The van der Waals surface area contributed by atoms with Crippen molar-refractivity contribution >= 4 is 21.8 Å². The van der Waals surface area contributed by atoms with Gasteiger partial charge in [0.05, 0.1) is 6.04 Å². The fourth-order valence-electron chi connectivity index (χ4n) is 1.57. The maximum Gasteiger partial charge on any atom is 0.216 e. The van der Waals surface area contributed by atoms with Crippen molar-refractivity contribution in [2.24, 2.45) is 10.9 Å². The molecule has 1 aromatic carbocycles. The number of rotatable bonds is 2. The molecule has 1 heterocycles. The highest BCUT2D eigenvalue weighted by Gasteiger charge is 2.23. The molecule has 4 heteroatoms. The van der Waals surface area contributed by atoms with Crippen LogP contribution < -0.4 is 0 Å². The van der Waals surface area contributed by atoms with E-state index in [4.69, 9.17) is 4.74 Å². The van der Waals surface area contributed by atoms with Crippen LogP contribution in [0.15, 0.2) is 27.7 Å². The van der Waals surface area contributed by atoms with Crippen molar-refractivity contribution in [3.63, 3.8) is 0 Å². The monoisotopic (exact) mass is 285 g/mol. The van der Waals surface area contributed by atoms with Crippen LogP contribution in [0, 0.1) is 11.7 Å². The summed E-state index contributed by atoms with van der Waals surface area (Å²) in [6, 6.07) is 4.84. The summed E-state index contributed by atoms with van der Waals surface area (Å²) in [6.07, 6.45) is 0. The first-order valence-corrected chi connectivity index (χ1v) is 6.02. The second-order valence-corrected chi connectivity index (χ2v) is 5.13. The zero-order chi connectivity index (χ0) is 11.7. The number of hydrogen-bond acceptors (Lipinski definition) is 2. The smallest absolute Gasteiger partial charge is 0.216 e. The van der Waals surface area contributed by atoms with Crippen LogP contribution >= 0.6 is 15.9 Å². The number of hydrogen-bond donors (Lipinski definition) is 0. The highest BCUT2D eigenvalue weighted by Crippen LogP contribution is 2.21. The molecule has 0 N–H and O–H groups in total. The first kappa shape index (κ1) is 11.6. The van der Waals surface area contributed by atoms with Crippen molar-refractivity contribution in [2.75, 3.05) is 6.61 Å². The minimum Gasteiger partial charge on any atom is -0.475 e. The molecular weight excluding hydrogens is 273 g/mol. The number of benzene rings is 1. The van der Waals surface area contributed by atoms with E-state index in [1.54, 1.807) is 0 Å². The van der Waals surface area contributed by atoms with Gasteiger partial charge in [-0.15, -0.1) is 0 Å². The first-order chi connectivity index (χ1) is 7.56. The van der Waals surface area contributed by atoms with E-state index in [0.717, 1.165) is 0 Å². The second-order valence-electron chi connectivity index (χ2n) is 4.21. The summed E-state index contributed by atoms with van der Waals surface area (Å²) < 4.78 is 19.4. The zero-order valence-corrected chi connectivity index (χ0v) is 10.8. The molecule has 0 saturated heterocycles. The van der Waals surface area contributed by atoms with Crippen molar-refractivity contribution in [1.82, 2.24) is 0 Å². The summed E-state index contributed by atoms with van der Waals surface area (Å²) in [5, 5.41) is 0. The predicted octanol–water partition coefficient (Wildman–Crippen LogP) is 3.39. The van der Waals surface area contributed by atoms with Crippen LogP contribution in [0.1, 0.15) is 19.4 Å². The fourth-order valence-corrected chi connectivity index (χ4v) is 2.03. The minimum atomic E-state index is -0.288. The van der Waals surface area contributed by atoms with Gasteiger partial charge < -0.3 is 4.74 Å². The summed E-state index contributed by atoms with van der Waals surface area (Å²) in [5.41, 5.74) is 0.690. The Morgan fingerprint density at radius 2 is 2.19 bits per heavy atom. The van der Waals surface area contributed by atoms with Gasteiger partial charge in [0, 0.05) is 10.0 Å². The van der Waals surface area contributed by atoms with E-state index in [-0.39, 0.29) is 11.9 Å². The van der Waals surface area contributed by atoms with Crippen molar-refractivity contribution < 1.29 is 9.13 Å². The van der Waals surface area contributed by atoms with Gasteiger partial charge in [-0.3, -0.25) is 0 Å². The van der Waals surface area contributed by atoms with Gasteiger partial charge in [0.2, 0.25) is 5.90 Å². The first-order valence-electron chi connectivity index (χ1n) is 5.23. The lowest BCUT2D eigenvalue weighted by Gasteiger charge is -2.06. The lowest BCUT2D eigenvalue weighted by Crippen LogP contribution is -2.13. The van der Waals surface area contributed by atoms with Crippen LogP contribution in [0.25, 0.3) is 0 Å². The van der Waals surface area contributed by atoms with Crippen molar-refractivity contribution in [3.8, 4) is 0 Å². The maximum absolute atomic E-state index is 13.2. The summed E-state index contributed by atoms with van der Waals surface area (Å²) in [4.78, 5) is 4.45. The Hall–Kier alpha value is -0.900.